The van der Waals surface area contributed by atoms with Crippen molar-refractivity contribution < 1.29 is 33.3 Å². The largest absolute Gasteiger partial charge is 0.490 e. The minimum absolute atomic E-state index is 0.205. The van der Waals surface area contributed by atoms with Crippen LogP contribution in [0.1, 0.15) is 26.0 Å². The van der Waals surface area contributed by atoms with E-state index in [0.717, 1.165) is 6.42 Å². The van der Waals surface area contributed by atoms with Crippen molar-refractivity contribution in [1.82, 2.24) is 5.32 Å². The zero-order valence-electron chi connectivity index (χ0n) is 19.8. The van der Waals surface area contributed by atoms with E-state index in [9.17, 15) is 19.5 Å². The van der Waals surface area contributed by atoms with E-state index in [2.05, 4.69) is 5.32 Å². The fourth-order valence-corrected chi connectivity index (χ4v) is 3.91. The second-order valence-corrected chi connectivity index (χ2v) is 8.65. The van der Waals surface area contributed by atoms with Crippen molar-refractivity contribution in [3.8, 4) is 28.4 Å². The number of fused-ring (bicyclic) bond motifs is 2. The normalized spacial score (nSPS) is 13.8. The molecule has 0 aliphatic carbocycles. The van der Waals surface area contributed by atoms with Gasteiger partial charge in [0.1, 0.15) is 23.1 Å². The third kappa shape index (κ3) is 5.24. The highest BCUT2D eigenvalue weighted by atomic mass is 16.5. The number of carboxylic acid groups (broad SMARTS) is 1. The second kappa shape index (κ2) is 10.1. The molecule has 2 aromatic carbocycles. The number of aliphatic carboxylic acids is 1. The maximum Gasteiger partial charge on any atom is 0.326 e. The van der Waals surface area contributed by atoms with Gasteiger partial charge in [0, 0.05) is 12.5 Å². The Morgan fingerprint density at radius 2 is 1.83 bits per heavy atom. The van der Waals surface area contributed by atoms with Crippen LogP contribution < -0.4 is 25.0 Å². The van der Waals surface area contributed by atoms with Crippen LogP contribution in [-0.2, 0) is 9.59 Å². The minimum atomic E-state index is -1.11. The van der Waals surface area contributed by atoms with Gasteiger partial charge in [0.2, 0.25) is 5.43 Å². The lowest BCUT2D eigenvalue weighted by Gasteiger charge is -2.18. The van der Waals surface area contributed by atoms with Gasteiger partial charge >= 0.3 is 5.97 Å². The first kappa shape index (κ1) is 24.1. The number of aryl methyl sites for hydroxylation is 1. The van der Waals surface area contributed by atoms with Crippen molar-refractivity contribution in [2.24, 2.45) is 5.92 Å². The highest BCUT2D eigenvalue weighted by Crippen LogP contribution is 2.35. The van der Waals surface area contributed by atoms with Crippen molar-refractivity contribution in [2.45, 2.75) is 33.2 Å². The monoisotopic (exact) mass is 481 g/mol. The molecule has 1 aliphatic heterocycles. The van der Waals surface area contributed by atoms with E-state index in [0.29, 0.717) is 58.3 Å². The summed E-state index contributed by atoms with van der Waals surface area (Å²) >= 11 is 0. The summed E-state index contributed by atoms with van der Waals surface area (Å²) in [6.45, 7) is 5.85. The minimum Gasteiger partial charge on any atom is -0.490 e. The van der Waals surface area contributed by atoms with Gasteiger partial charge < -0.3 is 29.1 Å². The molecule has 0 radical (unpaired) electrons. The van der Waals surface area contributed by atoms with Crippen LogP contribution in [0.25, 0.3) is 22.1 Å². The molecule has 1 aliphatic rings. The molecule has 35 heavy (non-hydrogen) atoms. The molecule has 0 bridgehead atoms. The van der Waals surface area contributed by atoms with Crippen molar-refractivity contribution in [1.29, 1.82) is 0 Å². The first-order valence-electron chi connectivity index (χ1n) is 11.4. The molecule has 4 rings (SSSR count). The SMILES string of the molecule is Cc1oc2cc(OCC(=O)N[C@@H](C(=O)O)C(C)C)ccc2c(=O)c1-c1ccc2c(c1)OCCCO2. The van der Waals surface area contributed by atoms with Gasteiger partial charge in [0.15, 0.2) is 18.1 Å². The molecular weight excluding hydrogens is 454 g/mol. The molecule has 1 aromatic heterocycles. The summed E-state index contributed by atoms with van der Waals surface area (Å²) in [6.07, 6.45) is 0.783. The molecule has 0 fully saturated rings. The fourth-order valence-electron chi connectivity index (χ4n) is 3.91. The lowest BCUT2D eigenvalue weighted by molar-refractivity contribution is -0.143. The molecule has 3 aromatic rings. The topological polar surface area (TPSA) is 124 Å². The molecule has 2 N–H and O–H groups in total. The first-order chi connectivity index (χ1) is 16.7. The Kier molecular flexibility index (Phi) is 6.95. The Labute approximate surface area is 201 Å². The standard InChI is InChI=1S/C26H27NO8/c1-14(2)24(26(30)31)27-22(28)13-34-17-6-7-18-20(12-17)35-15(3)23(25(18)29)16-5-8-19-21(11-16)33-10-4-9-32-19/h5-8,11-12,14,24H,4,9-10,13H2,1-3H3,(H,27,28)(H,30,31)/t24-/m1/s1. The van der Waals surface area contributed by atoms with E-state index in [1.54, 1.807) is 51.1 Å². The summed E-state index contributed by atoms with van der Waals surface area (Å²) in [7, 11) is 0. The van der Waals surface area contributed by atoms with Crippen LogP contribution in [0.3, 0.4) is 0 Å². The maximum absolute atomic E-state index is 13.3. The lowest BCUT2D eigenvalue weighted by Crippen LogP contribution is -2.46. The summed E-state index contributed by atoms with van der Waals surface area (Å²) in [5.41, 5.74) is 1.20. The molecule has 2 heterocycles. The van der Waals surface area contributed by atoms with Crippen LogP contribution in [0.15, 0.2) is 45.6 Å². The Balaban J connectivity index is 1.56. The summed E-state index contributed by atoms with van der Waals surface area (Å²) in [6, 6.07) is 9.04. The number of hydrogen-bond donors (Lipinski definition) is 2. The third-order valence-electron chi connectivity index (χ3n) is 5.70. The first-order valence-corrected chi connectivity index (χ1v) is 11.4. The van der Waals surface area contributed by atoms with Crippen molar-refractivity contribution in [3.05, 3.63) is 52.4 Å². The second-order valence-electron chi connectivity index (χ2n) is 8.65. The number of ether oxygens (including phenoxy) is 3. The van der Waals surface area contributed by atoms with Crippen LogP contribution >= 0.6 is 0 Å². The Hall–Kier alpha value is -4.01. The van der Waals surface area contributed by atoms with E-state index in [4.69, 9.17) is 18.6 Å². The molecule has 0 unspecified atom stereocenters. The fraction of sp³-hybridized carbons (Fsp3) is 0.346. The highest BCUT2D eigenvalue weighted by molar-refractivity contribution is 5.86. The molecule has 0 spiro atoms. The summed E-state index contributed by atoms with van der Waals surface area (Å²) < 4.78 is 22.9. The molecule has 9 nitrogen and oxygen atoms in total. The predicted octanol–water partition coefficient (Wildman–Crippen LogP) is 3.53. The van der Waals surface area contributed by atoms with Crippen LogP contribution in [0, 0.1) is 12.8 Å². The van der Waals surface area contributed by atoms with Gasteiger partial charge in [0.05, 0.1) is 24.2 Å². The number of nitrogens with one attached hydrogen (secondary N) is 1. The molecule has 9 heteroatoms. The quantitative estimate of drug-likeness (QED) is 0.525. The summed E-state index contributed by atoms with van der Waals surface area (Å²) in [4.78, 5) is 36.7. The summed E-state index contributed by atoms with van der Waals surface area (Å²) in [5.74, 6) is 0.0195. The van der Waals surface area contributed by atoms with Crippen molar-refractivity contribution >= 4 is 22.8 Å². The molecular formula is C26H27NO8. The van der Waals surface area contributed by atoms with Gasteiger partial charge in [-0.05, 0) is 42.7 Å². The van der Waals surface area contributed by atoms with E-state index < -0.39 is 17.9 Å². The van der Waals surface area contributed by atoms with Gasteiger partial charge in [-0.1, -0.05) is 19.9 Å². The average molecular weight is 482 g/mol. The molecule has 0 saturated carbocycles. The Morgan fingerprint density at radius 1 is 1.09 bits per heavy atom. The van der Waals surface area contributed by atoms with E-state index in [1.807, 2.05) is 0 Å². The van der Waals surface area contributed by atoms with E-state index in [-0.39, 0.29) is 18.0 Å². The maximum atomic E-state index is 13.3. The zero-order chi connectivity index (χ0) is 25.1. The van der Waals surface area contributed by atoms with Gasteiger partial charge in [-0.2, -0.15) is 0 Å². The number of carbonyl (C=O) groups is 2. The van der Waals surface area contributed by atoms with Crippen molar-refractivity contribution in [3.63, 3.8) is 0 Å². The lowest BCUT2D eigenvalue weighted by atomic mass is 10.0. The molecule has 1 amide bonds. The van der Waals surface area contributed by atoms with Gasteiger partial charge in [0.25, 0.3) is 5.91 Å². The van der Waals surface area contributed by atoms with E-state index in [1.165, 1.54) is 6.07 Å². The predicted molar refractivity (Wildman–Crippen MR) is 128 cm³/mol. The zero-order valence-corrected chi connectivity index (χ0v) is 19.8. The number of benzene rings is 2. The molecule has 0 saturated heterocycles. The van der Waals surface area contributed by atoms with Crippen LogP contribution in [0.4, 0.5) is 0 Å². The smallest absolute Gasteiger partial charge is 0.326 e. The number of carboxylic acids is 1. The van der Waals surface area contributed by atoms with Crippen molar-refractivity contribution in [2.75, 3.05) is 19.8 Å². The van der Waals surface area contributed by atoms with Crippen LogP contribution in [-0.4, -0.2) is 42.8 Å². The number of amides is 1. The summed E-state index contributed by atoms with van der Waals surface area (Å²) in [5, 5.41) is 12.0. The van der Waals surface area contributed by atoms with E-state index >= 15 is 0 Å². The Morgan fingerprint density at radius 3 is 2.54 bits per heavy atom. The molecule has 1 atom stereocenters. The van der Waals surface area contributed by atoms with Gasteiger partial charge in [-0.15, -0.1) is 0 Å². The van der Waals surface area contributed by atoms with Gasteiger partial charge in [-0.25, -0.2) is 4.79 Å². The van der Waals surface area contributed by atoms with Gasteiger partial charge in [-0.3, -0.25) is 9.59 Å². The third-order valence-corrected chi connectivity index (χ3v) is 5.70. The Bertz CT molecular complexity index is 1330. The van der Waals surface area contributed by atoms with Crippen LogP contribution in [0.2, 0.25) is 0 Å². The number of rotatable bonds is 7. The highest BCUT2D eigenvalue weighted by Gasteiger charge is 2.23. The molecule has 184 valence electrons. The number of carbonyl (C=O) groups excluding carboxylic acids is 1. The average Bonchev–Trinajstić information content (AvgIpc) is 3.05. The van der Waals surface area contributed by atoms with Crippen LogP contribution in [0.5, 0.6) is 17.2 Å². The number of hydrogen-bond acceptors (Lipinski definition) is 7.